The Hall–Kier alpha value is -1.19. The molecule has 2 heterocycles. The number of rotatable bonds is 4. The summed E-state index contributed by atoms with van der Waals surface area (Å²) in [4.78, 5) is 15.1. The van der Waals surface area contributed by atoms with Crippen LogP contribution in [0.15, 0.2) is 16.7 Å². The number of aliphatic carboxylic acids is 1. The van der Waals surface area contributed by atoms with Crippen LogP contribution in [0, 0.1) is 12.8 Å². The van der Waals surface area contributed by atoms with Gasteiger partial charge in [-0.2, -0.15) is 12.7 Å². The predicted molar refractivity (Wildman–Crippen MR) is 81.1 cm³/mol. The zero-order valence-electron chi connectivity index (χ0n) is 11.4. The summed E-state index contributed by atoms with van der Waals surface area (Å²) in [5.41, 5.74) is 0.926. The summed E-state index contributed by atoms with van der Waals surface area (Å²) in [6, 6.07) is 3.25. The third-order valence-electron chi connectivity index (χ3n) is 3.36. The van der Waals surface area contributed by atoms with Gasteiger partial charge >= 0.3 is 16.2 Å². The molecule has 0 aromatic carbocycles. The molecule has 1 atom stereocenters. The first-order valence-corrected chi connectivity index (χ1v) is 8.67. The molecule has 0 saturated carbocycles. The Bertz CT molecular complexity index is 650. The summed E-state index contributed by atoms with van der Waals surface area (Å²) in [5, 5.41) is 9.03. The van der Waals surface area contributed by atoms with Crippen LogP contribution in [-0.2, 0) is 15.0 Å². The van der Waals surface area contributed by atoms with E-state index in [0.717, 1.165) is 0 Å². The number of piperidine rings is 1. The van der Waals surface area contributed by atoms with Gasteiger partial charge in [0, 0.05) is 13.1 Å². The molecule has 0 amide bonds. The van der Waals surface area contributed by atoms with E-state index in [2.05, 4.69) is 25.6 Å². The number of hydrogen-bond acceptors (Lipinski definition) is 4. The van der Waals surface area contributed by atoms with Crippen molar-refractivity contribution >= 4 is 37.8 Å². The van der Waals surface area contributed by atoms with Crippen molar-refractivity contribution in [2.75, 3.05) is 17.8 Å². The van der Waals surface area contributed by atoms with Gasteiger partial charge in [0.05, 0.1) is 17.3 Å². The first kappa shape index (κ1) is 16.2. The lowest BCUT2D eigenvalue weighted by Crippen LogP contribution is -2.44. The largest absolute Gasteiger partial charge is 0.481 e. The Morgan fingerprint density at radius 2 is 2.24 bits per heavy atom. The molecule has 0 aliphatic carbocycles. The maximum absolute atomic E-state index is 12.3. The van der Waals surface area contributed by atoms with E-state index in [1.54, 1.807) is 19.1 Å². The Labute approximate surface area is 131 Å². The van der Waals surface area contributed by atoms with Crippen molar-refractivity contribution in [3.8, 4) is 0 Å². The van der Waals surface area contributed by atoms with E-state index in [4.69, 9.17) is 5.11 Å². The van der Waals surface area contributed by atoms with Gasteiger partial charge in [-0.25, -0.2) is 4.98 Å². The number of carboxylic acids is 1. The molecule has 1 aliphatic heterocycles. The van der Waals surface area contributed by atoms with E-state index in [-0.39, 0.29) is 6.54 Å². The average Bonchev–Trinajstić information content (AvgIpc) is 2.42. The second-order valence-electron chi connectivity index (χ2n) is 4.91. The smallest absolute Gasteiger partial charge is 0.307 e. The molecule has 2 N–H and O–H groups in total. The zero-order chi connectivity index (χ0) is 15.6. The van der Waals surface area contributed by atoms with E-state index in [9.17, 15) is 13.2 Å². The number of pyridine rings is 1. The first-order chi connectivity index (χ1) is 9.79. The molecule has 1 fully saturated rings. The van der Waals surface area contributed by atoms with Crippen LogP contribution in [-0.4, -0.2) is 41.9 Å². The number of aryl methyl sites for hydroxylation is 1. The average molecular weight is 378 g/mol. The number of aromatic nitrogens is 1. The molecule has 1 saturated heterocycles. The standard InChI is InChI=1S/C12H16BrN3O4S/c1-8-10(4-5-11(13)14-8)15-21(19,20)16-6-2-3-9(7-16)12(17)18/h4-5,9,15H,2-3,6-7H2,1H3,(H,17,18). The van der Waals surface area contributed by atoms with E-state index in [1.807, 2.05) is 0 Å². The molecule has 21 heavy (non-hydrogen) atoms. The first-order valence-electron chi connectivity index (χ1n) is 6.43. The van der Waals surface area contributed by atoms with Crippen LogP contribution in [0.4, 0.5) is 5.69 Å². The third kappa shape index (κ3) is 3.92. The number of halogens is 1. The number of nitrogens with zero attached hydrogens (tertiary/aromatic N) is 2. The number of carbonyl (C=O) groups is 1. The summed E-state index contributed by atoms with van der Waals surface area (Å²) >= 11 is 3.21. The molecule has 0 bridgehead atoms. The van der Waals surface area contributed by atoms with Gasteiger partial charge in [-0.3, -0.25) is 9.52 Å². The minimum atomic E-state index is -3.77. The molecule has 1 aliphatic rings. The van der Waals surface area contributed by atoms with Gasteiger partial charge in [-0.1, -0.05) is 0 Å². The zero-order valence-corrected chi connectivity index (χ0v) is 13.8. The van der Waals surface area contributed by atoms with Crippen LogP contribution < -0.4 is 4.72 Å². The lowest BCUT2D eigenvalue weighted by molar-refractivity contribution is -0.142. The summed E-state index contributed by atoms with van der Waals surface area (Å²) in [5.74, 6) is -1.61. The quantitative estimate of drug-likeness (QED) is 0.776. The molecule has 1 aromatic rings. The van der Waals surface area contributed by atoms with E-state index in [1.165, 1.54) is 4.31 Å². The Morgan fingerprint density at radius 1 is 1.52 bits per heavy atom. The maximum atomic E-state index is 12.3. The van der Waals surface area contributed by atoms with Crippen molar-refractivity contribution in [3.05, 3.63) is 22.4 Å². The monoisotopic (exact) mass is 377 g/mol. The highest BCUT2D eigenvalue weighted by Crippen LogP contribution is 2.22. The molecule has 9 heteroatoms. The fraction of sp³-hybridized carbons (Fsp3) is 0.500. The lowest BCUT2D eigenvalue weighted by Gasteiger charge is -2.30. The highest BCUT2D eigenvalue weighted by Gasteiger charge is 2.32. The molecular formula is C12H16BrN3O4S. The van der Waals surface area contributed by atoms with Crippen LogP contribution in [0.5, 0.6) is 0 Å². The second kappa shape index (κ2) is 6.29. The number of hydrogen-bond donors (Lipinski definition) is 2. The van der Waals surface area contributed by atoms with Crippen LogP contribution in [0.2, 0.25) is 0 Å². The Morgan fingerprint density at radius 3 is 2.86 bits per heavy atom. The SMILES string of the molecule is Cc1nc(Br)ccc1NS(=O)(=O)N1CCCC(C(=O)O)C1. The van der Waals surface area contributed by atoms with Gasteiger partial charge in [-0.05, 0) is 47.8 Å². The molecule has 1 unspecified atom stereocenters. The van der Waals surface area contributed by atoms with Crippen molar-refractivity contribution in [1.82, 2.24) is 9.29 Å². The van der Waals surface area contributed by atoms with Gasteiger partial charge in [-0.15, -0.1) is 0 Å². The minimum Gasteiger partial charge on any atom is -0.481 e. The van der Waals surface area contributed by atoms with Crippen LogP contribution in [0.3, 0.4) is 0 Å². The summed E-state index contributed by atoms with van der Waals surface area (Å²) in [7, 11) is -3.77. The van der Waals surface area contributed by atoms with Gasteiger partial charge in [0.25, 0.3) is 0 Å². The second-order valence-corrected chi connectivity index (χ2v) is 7.39. The maximum Gasteiger partial charge on any atom is 0.307 e. The fourth-order valence-corrected chi connectivity index (χ4v) is 3.97. The van der Waals surface area contributed by atoms with E-state index in [0.29, 0.717) is 35.4 Å². The van der Waals surface area contributed by atoms with Crippen molar-refractivity contribution in [3.63, 3.8) is 0 Å². The summed E-state index contributed by atoms with van der Waals surface area (Å²) < 4.78 is 28.9. The molecule has 0 spiro atoms. The molecule has 0 radical (unpaired) electrons. The van der Waals surface area contributed by atoms with Gasteiger partial charge in [0.1, 0.15) is 4.60 Å². The van der Waals surface area contributed by atoms with Gasteiger partial charge < -0.3 is 5.11 Å². The summed E-state index contributed by atoms with van der Waals surface area (Å²) in [6.07, 6.45) is 1.04. The lowest BCUT2D eigenvalue weighted by atomic mass is 10.0. The van der Waals surface area contributed by atoms with Crippen molar-refractivity contribution in [1.29, 1.82) is 0 Å². The normalized spacial score (nSPS) is 20.2. The van der Waals surface area contributed by atoms with Crippen LogP contribution in [0.1, 0.15) is 18.5 Å². The molecule has 1 aromatic heterocycles. The number of carboxylic acid groups (broad SMARTS) is 1. The molecule has 7 nitrogen and oxygen atoms in total. The van der Waals surface area contributed by atoms with Crippen LogP contribution >= 0.6 is 15.9 Å². The molecular weight excluding hydrogens is 362 g/mol. The minimum absolute atomic E-state index is 0.00628. The fourth-order valence-electron chi connectivity index (χ4n) is 2.20. The Balaban J connectivity index is 2.16. The van der Waals surface area contributed by atoms with Gasteiger partial charge in [0.2, 0.25) is 0 Å². The van der Waals surface area contributed by atoms with E-state index < -0.39 is 22.1 Å². The van der Waals surface area contributed by atoms with Crippen molar-refractivity contribution in [2.45, 2.75) is 19.8 Å². The third-order valence-corrected chi connectivity index (χ3v) is 5.30. The predicted octanol–water partition coefficient (Wildman–Crippen LogP) is 1.61. The van der Waals surface area contributed by atoms with Crippen molar-refractivity contribution < 1.29 is 18.3 Å². The molecule has 116 valence electrons. The topological polar surface area (TPSA) is 99.6 Å². The Kier molecular flexibility index (Phi) is 4.84. The summed E-state index contributed by atoms with van der Waals surface area (Å²) in [6.45, 7) is 2.01. The number of nitrogens with one attached hydrogen (secondary N) is 1. The van der Waals surface area contributed by atoms with Gasteiger partial charge in [0.15, 0.2) is 0 Å². The molecule has 2 rings (SSSR count). The van der Waals surface area contributed by atoms with Crippen LogP contribution in [0.25, 0.3) is 0 Å². The van der Waals surface area contributed by atoms with E-state index >= 15 is 0 Å². The highest BCUT2D eigenvalue weighted by molar-refractivity contribution is 9.10. The van der Waals surface area contributed by atoms with Crippen molar-refractivity contribution in [2.24, 2.45) is 5.92 Å². The highest BCUT2D eigenvalue weighted by atomic mass is 79.9. The number of anilines is 1.